The number of aryl methyl sites for hydroxylation is 1. The number of nitriles is 1. The Labute approximate surface area is 193 Å². The number of carbonyl (C=O) groups excluding carboxylic acids is 2. The highest BCUT2D eigenvalue weighted by Crippen LogP contribution is 2.31. The minimum Gasteiger partial charge on any atom is -0.383 e. The summed E-state index contributed by atoms with van der Waals surface area (Å²) in [4.78, 5) is 34.4. The molecule has 2 N–H and O–H groups in total. The van der Waals surface area contributed by atoms with Crippen molar-refractivity contribution in [3.8, 4) is 16.5 Å². The molecule has 4 rings (SSSR count). The highest BCUT2D eigenvalue weighted by atomic mass is 32.1. The molecule has 4 aromatic rings. The van der Waals surface area contributed by atoms with Gasteiger partial charge in [0.25, 0.3) is 5.91 Å². The number of methoxy groups -OCH3 is 1. The maximum absolute atomic E-state index is 13.1. The van der Waals surface area contributed by atoms with E-state index in [1.807, 2.05) is 30.6 Å². The third kappa shape index (κ3) is 4.45. The van der Waals surface area contributed by atoms with E-state index in [2.05, 4.69) is 26.7 Å². The van der Waals surface area contributed by atoms with Crippen LogP contribution in [0.2, 0.25) is 0 Å². The number of thiophene rings is 1. The van der Waals surface area contributed by atoms with Gasteiger partial charge in [-0.3, -0.25) is 9.59 Å². The monoisotopic (exact) mass is 460 g/mol. The van der Waals surface area contributed by atoms with Crippen LogP contribution in [0.1, 0.15) is 26.4 Å². The first-order chi connectivity index (χ1) is 16.0. The maximum atomic E-state index is 13.1. The summed E-state index contributed by atoms with van der Waals surface area (Å²) in [5.74, 6) is -0.143. The molecule has 4 aromatic heterocycles. The van der Waals surface area contributed by atoms with E-state index in [1.54, 1.807) is 23.9 Å². The summed E-state index contributed by atoms with van der Waals surface area (Å²) in [7, 11) is 3.40. The fourth-order valence-electron chi connectivity index (χ4n) is 3.42. The lowest BCUT2D eigenvalue weighted by atomic mass is 10.1. The summed E-state index contributed by atoms with van der Waals surface area (Å²) in [6, 6.07) is 9.36. The molecule has 0 aliphatic heterocycles. The number of pyridine rings is 2. The topological polar surface area (TPSA) is 122 Å². The Morgan fingerprint density at radius 2 is 2.24 bits per heavy atom. The van der Waals surface area contributed by atoms with E-state index in [9.17, 15) is 14.9 Å². The van der Waals surface area contributed by atoms with Crippen molar-refractivity contribution < 1.29 is 14.3 Å². The van der Waals surface area contributed by atoms with E-state index >= 15 is 0 Å². The Morgan fingerprint density at radius 1 is 1.39 bits per heavy atom. The number of hydrogen-bond acceptors (Lipinski definition) is 8. The normalized spacial score (nSPS) is 10.7. The molecule has 0 unspecified atom stereocenters. The van der Waals surface area contributed by atoms with Gasteiger partial charge in [-0.2, -0.15) is 5.26 Å². The number of fused-ring (bicyclic) bond motifs is 1. The number of anilines is 2. The molecule has 4 heterocycles. The van der Waals surface area contributed by atoms with Crippen molar-refractivity contribution in [1.29, 1.82) is 5.26 Å². The van der Waals surface area contributed by atoms with Crippen molar-refractivity contribution in [2.24, 2.45) is 7.05 Å². The second-order valence-electron chi connectivity index (χ2n) is 7.14. The third-order valence-corrected chi connectivity index (χ3v) is 5.92. The first-order valence-electron chi connectivity index (χ1n) is 9.99. The first-order valence-corrected chi connectivity index (χ1v) is 10.9. The van der Waals surface area contributed by atoms with Crippen LogP contribution < -0.4 is 10.6 Å². The average Bonchev–Trinajstić information content (AvgIpc) is 3.47. The number of aldehydes is 1. The highest BCUT2D eigenvalue weighted by molar-refractivity contribution is 7.13. The van der Waals surface area contributed by atoms with Gasteiger partial charge in [0.15, 0.2) is 6.29 Å². The number of carbonyl (C=O) groups is 2. The van der Waals surface area contributed by atoms with Gasteiger partial charge >= 0.3 is 0 Å². The Morgan fingerprint density at radius 3 is 2.94 bits per heavy atom. The average molecular weight is 461 g/mol. The van der Waals surface area contributed by atoms with Gasteiger partial charge in [-0.15, -0.1) is 11.3 Å². The van der Waals surface area contributed by atoms with Crippen LogP contribution in [0.4, 0.5) is 11.5 Å². The second-order valence-corrected chi connectivity index (χ2v) is 8.09. The Balaban J connectivity index is 1.67. The van der Waals surface area contributed by atoms with E-state index in [1.165, 1.54) is 17.5 Å². The fraction of sp³-hybridized carbons (Fsp3) is 0.174. The predicted octanol–water partition coefficient (Wildman–Crippen LogP) is 3.69. The molecule has 0 atom stereocenters. The predicted molar refractivity (Wildman–Crippen MR) is 127 cm³/mol. The molecule has 10 heteroatoms. The summed E-state index contributed by atoms with van der Waals surface area (Å²) >= 11 is 1.51. The van der Waals surface area contributed by atoms with Crippen molar-refractivity contribution >= 4 is 46.1 Å². The third-order valence-electron chi connectivity index (χ3n) is 5.02. The van der Waals surface area contributed by atoms with E-state index in [0.29, 0.717) is 41.8 Å². The van der Waals surface area contributed by atoms with Crippen LogP contribution in [0.3, 0.4) is 0 Å². The van der Waals surface area contributed by atoms with Gasteiger partial charge in [-0.1, -0.05) is 6.07 Å². The van der Waals surface area contributed by atoms with Crippen molar-refractivity contribution in [3.05, 3.63) is 58.9 Å². The van der Waals surface area contributed by atoms with E-state index in [4.69, 9.17) is 4.74 Å². The molecule has 33 heavy (non-hydrogen) atoms. The molecule has 0 aromatic carbocycles. The summed E-state index contributed by atoms with van der Waals surface area (Å²) in [5.41, 5.74) is 3.35. The summed E-state index contributed by atoms with van der Waals surface area (Å²) in [6.45, 7) is 0.958. The van der Waals surface area contributed by atoms with Crippen LogP contribution in [-0.2, 0) is 11.8 Å². The van der Waals surface area contributed by atoms with Crippen molar-refractivity contribution in [1.82, 2.24) is 14.5 Å². The Bertz CT molecular complexity index is 1370. The van der Waals surface area contributed by atoms with Gasteiger partial charge in [0.2, 0.25) is 0 Å². The molecule has 0 aliphatic rings. The molecule has 0 saturated carbocycles. The van der Waals surface area contributed by atoms with Gasteiger partial charge < -0.3 is 19.9 Å². The number of nitrogens with one attached hydrogen (secondary N) is 2. The van der Waals surface area contributed by atoms with Gasteiger partial charge in [0, 0.05) is 49.6 Å². The standard InChI is InChI=1S/C23H20N6O3S/c1-29-12-16(22-19(29)8-15(18(13-30)27-22)20-4-3-7-33-20)23(31)28-21-9-17(25-5-6-32-2)14(10-24)11-26-21/h3-4,7-9,11-13H,5-6H2,1-2H3,(H2,25,26,28,31). The van der Waals surface area contributed by atoms with Crippen LogP contribution in [0.5, 0.6) is 0 Å². The zero-order valence-corrected chi connectivity index (χ0v) is 18.8. The van der Waals surface area contributed by atoms with Crippen LogP contribution in [0.15, 0.2) is 42.0 Å². The lowest BCUT2D eigenvalue weighted by Crippen LogP contribution is -2.14. The van der Waals surface area contributed by atoms with Crippen LogP contribution in [-0.4, -0.2) is 47.0 Å². The lowest BCUT2D eigenvalue weighted by molar-refractivity contribution is 0.102. The van der Waals surface area contributed by atoms with Crippen molar-refractivity contribution in [2.75, 3.05) is 30.9 Å². The summed E-state index contributed by atoms with van der Waals surface area (Å²) < 4.78 is 6.82. The molecule has 0 radical (unpaired) electrons. The van der Waals surface area contributed by atoms with Crippen molar-refractivity contribution in [2.45, 2.75) is 0 Å². The lowest BCUT2D eigenvalue weighted by Gasteiger charge is -2.10. The zero-order valence-electron chi connectivity index (χ0n) is 18.0. The van der Waals surface area contributed by atoms with E-state index in [-0.39, 0.29) is 11.5 Å². The SMILES string of the molecule is COCCNc1cc(NC(=O)c2cn(C)c3cc(-c4cccs4)c(C=O)nc23)ncc1C#N. The van der Waals surface area contributed by atoms with Gasteiger partial charge in [-0.25, -0.2) is 9.97 Å². The molecule has 0 bridgehead atoms. The fourth-order valence-corrected chi connectivity index (χ4v) is 4.18. The smallest absolute Gasteiger partial charge is 0.260 e. The molecule has 0 fully saturated rings. The molecule has 1 amide bonds. The molecular formula is C23H20N6O3S. The number of ether oxygens (including phenoxy) is 1. The van der Waals surface area contributed by atoms with E-state index in [0.717, 1.165) is 16.0 Å². The largest absolute Gasteiger partial charge is 0.383 e. The summed E-state index contributed by atoms with van der Waals surface area (Å²) in [5, 5.41) is 17.1. The Hall–Kier alpha value is -4.07. The highest BCUT2D eigenvalue weighted by Gasteiger charge is 2.20. The van der Waals surface area contributed by atoms with Gasteiger partial charge in [0.05, 0.1) is 28.9 Å². The molecular weight excluding hydrogens is 440 g/mol. The number of aromatic nitrogens is 3. The second kappa shape index (κ2) is 9.60. The van der Waals surface area contributed by atoms with Crippen molar-refractivity contribution in [3.63, 3.8) is 0 Å². The van der Waals surface area contributed by atoms with Crippen LogP contribution in [0.25, 0.3) is 21.5 Å². The number of hydrogen-bond donors (Lipinski definition) is 2. The number of nitrogens with zero attached hydrogens (tertiary/aromatic N) is 4. The first kappa shape index (κ1) is 22.1. The minimum atomic E-state index is -0.422. The van der Waals surface area contributed by atoms with Crippen LogP contribution >= 0.6 is 11.3 Å². The molecule has 0 saturated heterocycles. The number of rotatable bonds is 8. The molecule has 166 valence electrons. The van der Waals surface area contributed by atoms with Gasteiger partial charge in [-0.05, 0) is 17.5 Å². The molecule has 0 spiro atoms. The molecule has 9 nitrogen and oxygen atoms in total. The quantitative estimate of drug-likeness (QED) is 0.304. The van der Waals surface area contributed by atoms with Crippen LogP contribution in [0, 0.1) is 11.3 Å². The molecule has 0 aliphatic carbocycles. The number of amides is 1. The zero-order chi connectivity index (χ0) is 23.4. The maximum Gasteiger partial charge on any atom is 0.260 e. The Kier molecular flexibility index (Phi) is 6.44. The van der Waals surface area contributed by atoms with Gasteiger partial charge in [0.1, 0.15) is 23.1 Å². The van der Waals surface area contributed by atoms with E-state index < -0.39 is 5.91 Å². The summed E-state index contributed by atoms with van der Waals surface area (Å²) in [6.07, 6.45) is 3.76. The minimum absolute atomic E-state index is 0.270.